The Morgan fingerprint density at radius 1 is 1.04 bits per heavy atom. The molecule has 0 atom stereocenters. The van der Waals surface area contributed by atoms with Gasteiger partial charge in [-0.3, -0.25) is 5.10 Å². The van der Waals surface area contributed by atoms with Crippen LogP contribution in [0.25, 0.3) is 33.4 Å². The maximum Gasteiger partial charge on any atom is 0.133 e. The number of hydrogen-bond acceptors (Lipinski definition) is 3. The highest BCUT2D eigenvalue weighted by atomic mass is 19.1. The van der Waals surface area contributed by atoms with Crippen LogP contribution in [0.15, 0.2) is 48.7 Å². The number of aromatic amines is 1. The van der Waals surface area contributed by atoms with Gasteiger partial charge in [0.05, 0.1) is 16.8 Å². The van der Waals surface area contributed by atoms with Gasteiger partial charge in [0.15, 0.2) is 0 Å². The summed E-state index contributed by atoms with van der Waals surface area (Å²) < 4.78 is 28.2. The van der Waals surface area contributed by atoms with Crippen molar-refractivity contribution in [2.24, 2.45) is 0 Å². The van der Waals surface area contributed by atoms with E-state index in [0.717, 1.165) is 10.9 Å². The molecule has 0 unspecified atom stereocenters. The standard InChI is InChI=1S/C19H14F2N4/c1-2-17-22-9-8-16(23-17)19-12-10-11(6-7-15(12)24-25-19)18-13(20)4-3-5-14(18)21/h3-10H,2H2,1H3,(H,24,25). The highest BCUT2D eigenvalue weighted by Crippen LogP contribution is 2.32. The molecule has 2 aromatic carbocycles. The summed E-state index contributed by atoms with van der Waals surface area (Å²) in [4.78, 5) is 8.67. The van der Waals surface area contributed by atoms with Gasteiger partial charge in [-0.15, -0.1) is 0 Å². The second-order valence-electron chi connectivity index (χ2n) is 5.64. The number of hydrogen-bond donors (Lipinski definition) is 1. The van der Waals surface area contributed by atoms with Crippen LogP contribution in [0.5, 0.6) is 0 Å². The van der Waals surface area contributed by atoms with Crippen molar-refractivity contribution in [2.75, 3.05) is 0 Å². The highest BCUT2D eigenvalue weighted by Gasteiger charge is 2.15. The van der Waals surface area contributed by atoms with Crippen molar-refractivity contribution in [1.29, 1.82) is 0 Å². The number of H-pyrrole nitrogens is 1. The van der Waals surface area contributed by atoms with Crippen LogP contribution < -0.4 is 0 Å². The van der Waals surface area contributed by atoms with E-state index in [-0.39, 0.29) is 5.56 Å². The van der Waals surface area contributed by atoms with E-state index in [1.54, 1.807) is 30.5 Å². The van der Waals surface area contributed by atoms with E-state index in [2.05, 4.69) is 20.2 Å². The Balaban J connectivity index is 1.91. The summed E-state index contributed by atoms with van der Waals surface area (Å²) in [5.41, 5.74) is 2.48. The van der Waals surface area contributed by atoms with E-state index in [1.165, 1.54) is 18.2 Å². The minimum Gasteiger partial charge on any atom is -0.277 e. The van der Waals surface area contributed by atoms with Crippen molar-refractivity contribution in [3.05, 3.63) is 66.1 Å². The Kier molecular flexibility index (Phi) is 3.72. The molecule has 4 aromatic rings. The fourth-order valence-corrected chi connectivity index (χ4v) is 2.84. The van der Waals surface area contributed by atoms with Gasteiger partial charge in [0.25, 0.3) is 0 Å². The number of fused-ring (bicyclic) bond motifs is 1. The maximum atomic E-state index is 14.1. The summed E-state index contributed by atoms with van der Waals surface area (Å²) in [7, 11) is 0. The zero-order valence-electron chi connectivity index (χ0n) is 13.4. The van der Waals surface area contributed by atoms with Crippen LogP contribution in [0, 0.1) is 11.6 Å². The quantitative estimate of drug-likeness (QED) is 0.598. The first-order chi connectivity index (χ1) is 12.2. The van der Waals surface area contributed by atoms with E-state index < -0.39 is 11.6 Å². The van der Waals surface area contributed by atoms with Crippen LogP contribution in [0.3, 0.4) is 0 Å². The van der Waals surface area contributed by atoms with E-state index in [9.17, 15) is 8.78 Å². The molecule has 0 spiro atoms. The molecule has 4 nitrogen and oxygen atoms in total. The molecular weight excluding hydrogens is 322 g/mol. The van der Waals surface area contributed by atoms with Gasteiger partial charge in [0, 0.05) is 18.0 Å². The van der Waals surface area contributed by atoms with Crippen molar-refractivity contribution in [3.63, 3.8) is 0 Å². The van der Waals surface area contributed by atoms with Crippen LogP contribution in [0.2, 0.25) is 0 Å². The molecule has 0 radical (unpaired) electrons. The van der Waals surface area contributed by atoms with Crippen molar-refractivity contribution in [1.82, 2.24) is 20.2 Å². The van der Waals surface area contributed by atoms with Gasteiger partial charge in [-0.2, -0.15) is 5.10 Å². The van der Waals surface area contributed by atoms with Crippen molar-refractivity contribution < 1.29 is 8.78 Å². The van der Waals surface area contributed by atoms with Crippen molar-refractivity contribution in [3.8, 4) is 22.5 Å². The first-order valence-corrected chi connectivity index (χ1v) is 7.92. The number of aryl methyl sites for hydroxylation is 1. The summed E-state index contributed by atoms with van der Waals surface area (Å²) in [6.45, 7) is 1.97. The van der Waals surface area contributed by atoms with Crippen LogP contribution in [0.4, 0.5) is 8.78 Å². The minimum atomic E-state index is -0.597. The summed E-state index contributed by atoms with van der Waals surface area (Å²) in [6, 6.07) is 10.8. The molecular formula is C19H14F2N4. The molecule has 2 heterocycles. The van der Waals surface area contributed by atoms with Crippen LogP contribution in [-0.4, -0.2) is 20.2 Å². The predicted octanol–water partition coefficient (Wildman–Crippen LogP) is 4.53. The lowest BCUT2D eigenvalue weighted by Crippen LogP contribution is -1.94. The highest BCUT2D eigenvalue weighted by molar-refractivity contribution is 5.94. The zero-order chi connectivity index (χ0) is 17.4. The number of nitrogens with one attached hydrogen (secondary N) is 1. The smallest absolute Gasteiger partial charge is 0.133 e. The van der Waals surface area contributed by atoms with Crippen molar-refractivity contribution >= 4 is 10.9 Å². The molecule has 0 aliphatic rings. The van der Waals surface area contributed by atoms with Gasteiger partial charge in [-0.25, -0.2) is 18.7 Å². The predicted molar refractivity (Wildman–Crippen MR) is 91.8 cm³/mol. The van der Waals surface area contributed by atoms with Gasteiger partial charge >= 0.3 is 0 Å². The molecule has 4 rings (SSSR count). The van der Waals surface area contributed by atoms with Gasteiger partial charge in [-0.05, 0) is 35.9 Å². The lowest BCUT2D eigenvalue weighted by atomic mass is 10.0. The fraction of sp³-hybridized carbons (Fsp3) is 0.105. The summed E-state index contributed by atoms with van der Waals surface area (Å²) in [5.74, 6) is -0.482. The molecule has 0 saturated carbocycles. The lowest BCUT2D eigenvalue weighted by Gasteiger charge is -2.06. The molecule has 0 saturated heterocycles. The lowest BCUT2D eigenvalue weighted by molar-refractivity contribution is 0.589. The Labute approximate surface area is 142 Å². The SMILES string of the molecule is CCc1nccc(-c2n[nH]c3ccc(-c4c(F)cccc4F)cc23)n1. The van der Waals surface area contributed by atoms with Gasteiger partial charge in [0.1, 0.15) is 23.2 Å². The average Bonchev–Trinajstić information content (AvgIpc) is 3.05. The molecule has 1 N–H and O–H groups in total. The largest absolute Gasteiger partial charge is 0.277 e. The average molecular weight is 336 g/mol. The third kappa shape index (κ3) is 2.65. The maximum absolute atomic E-state index is 14.1. The summed E-state index contributed by atoms with van der Waals surface area (Å²) in [6.07, 6.45) is 2.39. The normalized spacial score (nSPS) is 11.2. The molecule has 25 heavy (non-hydrogen) atoms. The second-order valence-corrected chi connectivity index (χ2v) is 5.64. The first kappa shape index (κ1) is 15.4. The number of halogens is 2. The van der Waals surface area contributed by atoms with E-state index in [1.807, 2.05) is 6.92 Å². The molecule has 124 valence electrons. The van der Waals surface area contributed by atoms with Gasteiger partial charge in [0.2, 0.25) is 0 Å². The Morgan fingerprint density at radius 3 is 2.60 bits per heavy atom. The second kappa shape index (κ2) is 6.05. The first-order valence-electron chi connectivity index (χ1n) is 7.92. The number of aromatic nitrogens is 4. The number of rotatable bonds is 3. The van der Waals surface area contributed by atoms with Gasteiger partial charge < -0.3 is 0 Å². The van der Waals surface area contributed by atoms with E-state index in [0.29, 0.717) is 29.2 Å². The number of benzene rings is 2. The molecule has 0 bridgehead atoms. The molecule has 6 heteroatoms. The van der Waals surface area contributed by atoms with Gasteiger partial charge in [-0.1, -0.05) is 19.1 Å². The molecule has 0 fully saturated rings. The summed E-state index contributed by atoms with van der Waals surface area (Å²) in [5, 5.41) is 8.00. The topological polar surface area (TPSA) is 54.5 Å². The van der Waals surface area contributed by atoms with Crippen LogP contribution in [-0.2, 0) is 6.42 Å². The third-order valence-electron chi connectivity index (χ3n) is 4.08. The Morgan fingerprint density at radius 2 is 1.84 bits per heavy atom. The number of nitrogens with zero attached hydrogens (tertiary/aromatic N) is 3. The monoisotopic (exact) mass is 336 g/mol. The van der Waals surface area contributed by atoms with E-state index in [4.69, 9.17) is 0 Å². The molecule has 0 aliphatic carbocycles. The fourth-order valence-electron chi connectivity index (χ4n) is 2.84. The molecule has 2 aromatic heterocycles. The third-order valence-corrected chi connectivity index (χ3v) is 4.08. The zero-order valence-corrected chi connectivity index (χ0v) is 13.4. The van der Waals surface area contributed by atoms with Crippen molar-refractivity contribution in [2.45, 2.75) is 13.3 Å². The summed E-state index contributed by atoms with van der Waals surface area (Å²) >= 11 is 0. The Bertz CT molecular complexity index is 1050. The molecule has 0 aliphatic heterocycles. The van der Waals surface area contributed by atoms with E-state index >= 15 is 0 Å². The minimum absolute atomic E-state index is 0.0477. The van der Waals surface area contributed by atoms with Crippen LogP contribution in [0.1, 0.15) is 12.7 Å². The Hall–Kier alpha value is -3.15. The van der Waals surface area contributed by atoms with Crippen LogP contribution >= 0.6 is 0 Å². The molecule has 0 amide bonds.